The lowest BCUT2D eigenvalue weighted by Crippen LogP contribution is -2.31. The average molecular weight is 207 g/mol. The molecule has 0 spiro atoms. The molecule has 0 saturated carbocycles. The summed E-state index contributed by atoms with van der Waals surface area (Å²) in [6.45, 7) is 6.76. The molecule has 1 rings (SSSR count). The number of ether oxygens (including phenoxy) is 1. The van der Waals surface area contributed by atoms with Gasteiger partial charge in [0.2, 0.25) is 0 Å². The smallest absolute Gasteiger partial charge is 0.0590 e. The molecule has 15 heavy (non-hydrogen) atoms. The first kappa shape index (κ1) is 12.2. The third-order valence-electron chi connectivity index (χ3n) is 2.33. The molecule has 0 heterocycles. The van der Waals surface area contributed by atoms with Crippen molar-refractivity contribution in [1.82, 2.24) is 5.32 Å². The van der Waals surface area contributed by atoms with Crippen molar-refractivity contribution in [2.45, 2.75) is 26.3 Å². The van der Waals surface area contributed by atoms with Gasteiger partial charge < -0.3 is 10.1 Å². The Morgan fingerprint density at radius 1 is 1.27 bits per heavy atom. The highest BCUT2D eigenvalue weighted by atomic mass is 16.5. The molecular formula is C13H21NO. The van der Waals surface area contributed by atoms with Crippen LogP contribution in [0.2, 0.25) is 0 Å². The number of hydrogen-bond acceptors (Lipinski definition) is 2. The van der Waals surface area contributed by atoms with Gasteiger partial charge in [0.15, 0.2) is 0 Å². The van der Waals surface area contributed by atoms with Gasteiger partial charge in [-0.25, -0.2) is 0 Å². The lowest BCUT2D eigenvalue weighted by atomic mass is 10.1. The van der Waals surface area contributed by atoms with Crippen molar-refractivity contribution in [2.75, 3.05) is 19.8 Å². The minimum atomic E-state index is 0.507. The van der Waals surface area contributed by atoms with Gasteiger partial charge in [0, 0.05) is 19.2 Å². The molecule has 0 fully saturated rings. The standard InChI is InChI=1S/C13H21NO/c1-3-15-10-9-14-12(2)11-13-7-5-4-6-8-13/h4-8,12,14H,3,9-11H2,1-2H3. The van der Waals surface area contributed by atoms with Gasteiger partial charge in [-0.05, 0) is 25.8 Å². The van der Waals surface area contributed by atoms with Gasteiger partial charge in [0.1, 0.15) is 0 Å². The van der Waals surface area contributed by atoms with E-state index in [1.165, 1.54) is 5.56 Å². The quantitative estimate of drug-likeness (QED) is 0.692. The van der Waals surface area contributed by atoms with Crippen LogP contribution in [0, 0.1) is 0 Å². The van der Waals surface area contributed by atoms with Crippen molar-refractivity contribution in [2.24, 2.45) is 0 Å². The second kappa shape index (κ2) is 7.43. The molecule has 0 bridgehead atoms. The van der Waals surface area contributed by atoms with E-state index in [-0.39, 0.29) is 0 Å². The van der Waals surface area contributed by atoms with E-state index in [1.807, 2.05) is 6.92 Å². The summed E-state index contributed by atoms with van der Waals surface area (Å²) < 4.78 is 5.27. The molecule has 0 aromatic heterocycles. The number of rotatable bonds is 7. The van der Waals surface area contributed by atoms with Crippen molar-refractivity contribution in [1.29, 1.82) is 0 Å². The highest BCUT2D eigenvalue weighted by Gasteiger charge is 2.01. The van der Waals surface area contributed by atoms with Crippen LogP contribution in [0.4, 0.5) is 0 Å². The summed E-state index contributed by atoms with van der Waals surface area (Å²) in [4.78, 5) is 0. The van der Waals surface area contributed by atoms with Crippen LogP contribution >= 0.6 is 0 Å². The Hall–Kier alpha value is -0.860. The van der Waals surface area contributed by atoms with E-state index in [4.69, 9.17) is 4.74 Å². The van der Waals surface area contributed by atoms with Crippen LogP contribution in [-0.2, 0) is 11.2 Å². The molecule has 0 aliphatic heterocycles. The van der Waals surface area contributed by atoms with Gasteiger partial charge in [-0.3, -0.25) is 0 Å². The van der Waals surface area contributed by atoms with E-state index in [9.17, 15) is 0 Å². The summed E-state index contributed by atoms with van der Waals surface area (Å²) in [7, 11) is 0. The number of hydrogen-bond donors (Lipinski definition) is 1. The average Bonchev–Trinajstić information content (AvgIpc) is 2.26. The Bertz CT molecular complexity index is 248. The zero-order valence-electron chi connectivity index (χ0n) is 9.70. The van der Waals surface area contributed by atoms with Crippen LogP contribution in [0.15, 0.2) is 30.3 Å². The molecule has 2 nitrogen and oxygen atoms in total. The third kappa shape index (κ3) is 5.55. The topological polar surface area (TPSA) is 21.3 Å². The van der Waals surface area contributed by atoms with Crippen molar-refractivity contribution in [3.05, 3.63) is 35.9 Å². The number of benzene rings is 1. The normalized spacial score (nSPS) is 12.7. The summed E-state index contributed by atoms with van der Waals surface area (Å²) in [5.74, 6) is 0. The molecule has 1 unspecified atom stereocenters. The lowest BCUT2D eigenvalue weighted by molar-refractivity contribution is 0.147. The molecule has 2 heteroatoms. The zero-order chi connectivity index (χ0) is 10.9. The van der Waals surface area contributed by atoms with E-state index in [0.717, 1.165) is 26.2 Å². The van der Waals surface area contributed by atoms with Crippen LogP contribution in [0.5, 0.6) is 0 Å². The summed E-state index contributed by atoms with van der Waals surface area (Å²) in [5.41, 5.74) is 1.38. The van der Waals surface area contributed by atoms with Gasteiger partial charge in [-0.2, -0.15) is 0 Å². The highest BCUT2D eigenvalue weighted by molar-refractivity contribution is 5.15. The Balaban J connectivity index is 2.16. The van der Waals surface area contributed by atoms with E-state index >= 15 is 0 Å². The Labute approximate surface area is 92.6 Å². The summed E-state index contributed by atoms with van der Waals surface area (Å²) in [6, 6.07) is 11.1. The SMILES string of the molecule is CCOCCNC(C)Cc1ccccc1. The van der Waals surface area contributed by atoms with Crippen LogP contribution in [0.1, 0.15) is 19.4 Å². The predicted molar refractivity (Wildman–Crippen MR) is 64.1 cm³/mol. The van der Waals surface area contributed by atoms with Crippen molar-refractivity contribution < 1.29 is 4.74 Å². The molecule has 1 aromatic rings. The molecule has 0 saturated heterocycles. The van der Waals surface area contributed by atoms with Crippen LogP contribution < -0.4 is 5.32 Å². The molecule has 0 aliphatic rings. The maximum absolute atomic E-state index is 5.27. The van der Waals surface area contributed by atoms with Crippen molar-refractivity contribution in [3.8, 4) is 0 Å². The van der Waals surface area contributed by atoms with E-state index in [2.05, 4.69) is 42.6 Å². The molecule has 0 amide bonds. The summed E-state index contributed by atoms with van der Waals surface area (Å²) in [5, 5.41) is 3.44. The second-order valence-electron chi connectivity index (χ2n) is 3.74. The first-order valence-electron chi connectivity index (χ1n) is 5.68. The van der Waals surface area contributed by atoms with Gasteiger partial charge >= 0.3 is 0 Å². The van der Waals surface area contributed by atoms with Gasteiger partial charge in [-0.1, -0.05) is 30.3 Å². The van der Waals surface area contributed by atoms with Crippen LogP contribution in [0.3, 0.4) is 0 Å². The minimum absolute atomic E-state index is 0.507. The molecule has 0 aliphatic carbocycles. The zero-order valence-corrected chi connectivity index (χ0v) is 9.70. The second-order valence-corrected chi connectivity index (χ2v) is 3.74. The lowest BCUT2D eigenvalue weighted by Gasteiger charge is -2.13. The van der Waals surface area contributed by atoms with Gasteiger partial charge in [-0.15, -0.1) is 0 Å². The van der Waals surface area contributed by atoms with Crippen LogP contribution in [0.25, 0.3) is 0 Å². The van der Waals surface area contributed by atoms with Crippen LogP contribution in [-0.4, -0.2) is 25.8 Å². The van der Waals surface area contributed by atoms with E-state index in [1.54, 1.807) is 0 Å². The highest BCUT2D eigenvalue weighted by Crippen LogP contribution is 2.02. The Kier molecular flexibility index (Phi) is 6.05. The molecule has 1 N–H and O–H groups in total. The fourth-order valence-electron chi connectivity index (χ4n) is 1.56. The molecule has 1 atom stereocenters. The maximum atomic E-state index is 5.27. The molecular weight excluding hydrogens is 186 g/mol. The predicted octanol–water partition coefficient (Wildman–Crippen LogP) is 2.24. The third-order valence-corrected chi connectivity index (χ3v) is 2.33. The fourth-order valence-corrected chi connectivity index (χ4v) is 1.56. The van der Waals surface area contributed by atoms with Gasteiger partial charge in [0.05, 0.1) is 6.61 Å². The largest absolute Gasteiger partial charge is 0.380 e. The monoisotopic (exact) mass is 207 g/mol. The van der Waals surface area contributed by atoms with Crippen molar-refractivity contribution in [3.63, 3.8) is 0 Å². The van der Waals surface area contributed by atoms with Gasteiger partial charge in [0.25, 0.3) is 0 Å². The summed E-state index contributed by atoms with van der Waals surface area (Å²) in [6.07, 6.45) is 1.08. The number of nitrogens with one attached hydrogen (secondary N) is 1. The first-order valence-corrected chi connectivity index (χ1v) is 5.68. The van der Waals surface area contributed by atoms with Crippen molar-refractivity contribution >= 4 is 0 Å². The summed E-state index contributed by atoms with van der Waals surface area (Å²) >= 11 is 0. The fraction of sp³-hybridized carbons (Fsp3) is 0.538. The van der Waals surface area contributed by atoms with E-state index < -0.39 is 0 Å². The maximum Gasteiger partial charge on any atom is 0.0590 e. The molecule has 84 valence electrons. The first-order chi connectivity index (χ1) is 7.33. The molecule has 1 aromatic carbocycles. The Morgan fingerprint density at radius 2 is 2.00 bits per heavy atom. The molecule has 0 radical (unpaired) electrons. The Morgan fingerprint density at radius 3 is 2.67 bits per heavy atom. The minimum Gasteiger partial charge on any atom is -0.380 e. The van der Waals surface area contributed by atoms with E-state index in [0.29, 0.717) is 6.04 Å².